The van der Waals surface area contributed by atoms with Crippen LogP contribution in [-0.2, 0) is 9.59 Å². The van der Waals surface area contributed by atoms with Crippen molar-refractivity contribution in [2.45, 2.75) is 18.9 Å². The first-order valence-electron chi connectivity index (χ1n) is 8.29. The molecule has 5 heteroatoms. The zero-order chi connectivity index (χ0) is 17.1. The molecule has 0 saturated heterocycles. The molecule has 0 aliphatic heterocycles. The Morgan fingerprint density at radius 3 is 2.50 bits per heavy atom. The van der Waals surface area contributed by atoms with E-state index in [-0.39, 0.29) is 0 Å². The monoisotopic (exact) mass is 325 g/mol. The maximum atomic E-state index is 12.2. The fraction of sp³-hybridized carbons (Fsp3) is 0.368. The highest BCUT2D eigenvalue weighted by Crippen LogP contribution is 2.34. The number of likely N-dealkylation sites (N-methyl/N-ethyl adjacent to an activating group) is 1. The summed E-state index contributed by atoms with van der Waals surface area (Å²) in [5.41, 5.74) is 0.652. The van der Waals surface area contributed by atoms with Gasteiger partial charge in [0.1, 0.15) is 0 Å². The van der Waals surface area contributed by atoms with Gasteiger partial charge in [-0.05, 0) is 44.3 Å². The molecular formula is C19H23N3O2. The lowest BCUT2D eigenvalue weighted by Gasteiger charge is -2.24. The average molecular weight is 325 g/mol. The van der Waals surface area contributed by atoms with E-state index in [0.717, 1.165) is 10.8 Å². The van der Waals surface area contributed by atoms with Crippen molar-refractivity contribution in [3.8, 4) is 0 Å². The molecule has 1 aliphatic carbocycles. The highest BCUT2D eigenvalue weighted by atomic mass is 16.2. The lowest BCUT2D eigenvalue weighted by molar-refractivity contribution is -0.136. The van der Waals surface area contributed by atoms with Crippen LogP contribution in [0.25, 0.3) is 10.8 Å². The van der Waals surface area contributed by atoms with Gasteiger partial charge in [-0.1, -0.05) is 36.4 Å². The van der Waals surface area contributed by atoms with E-state index in [1.54, 1.807) is 6.07 Å². The number of hydrogen-bond acceptors (Lipinski definition) is 3. The van der Waals surface area contributed by atoms with E-state index >= 15 is 0 Å². The van der Waals surface area contributed by atoms with Crippen molar-refractivity contribution >= 4 is 28.3 Å². The number of anilines is 1. The summed E-state index contributed by atoms with van der Waals surface area (Å²) in [6.45, 7) is 0.499. The van der Waals surface area contributed by atoms with Crippen LogP contribution in [0.2, 0.25) is 0 Å². The fourth-order valence-electron chi connectivity index (χ4n) is 3.04. The summed E-state index contributed by atoms with van der Waals surface area (Å²) in [7, 11) is 4.01. The van der Waals surface area contributed by atoms with Crippen LogP contribution in [-0.4, -0.2) is 43.4 Å². The lowest BCUT2D eigenvalue weighted by atomic mass is 10.1. The van der Waals surface area contributed by atoms with Crippen molar-refractivity contribution in [1.82, 2.24) is 10.2 Å². The van der Waals surface area contributed by atoms with Gasteiger partial charge in [0.05, 0.1) is 0 Å². The molecule has 2 N–H and O–H groups in total. The van der Waals surface area contributed by atoms with Crippen LogP contribution in [0.15, 0.2) is 42.5 Å². The van der Waals surface area contributed by atoms with Crippen LogP contribution >= 0.6 is 0 Å². The fourth-order valence-corrected chi connectivity index (χ4v) is 3.04. The number of hydrogen-bond donors (Lipinski definition) is 2. The van der Waals surface area contributed by atoms with Crippen LogP contribution in [0.5, 0.6) is 0 Å². The Balaban J connectivity index is 1.62. The molecule has 0 spiro atoms. The summed E-state index contributed by atoms with van der Waals surface area (Å²) < 4.78 is 0. The van der Waals surface area contributed by atoms with Crippen LogP contribution in [0.3, 0.4) is 0 Å². The molecule has 1 fully saturated rings. The van der Waals surface area contributed by atoms with Crippen molar-refractivity contribution in [3.05, 3.63) is 42.5 Å². The van der Waals surface area contributed by atoms with Crippen molar-refractivity contribution in [1.29, 1.82) is 0 Å². The molecule has 1 saturated carbocycles. The zero-order valence-corrected chi connectivity index (χ0v) is 14.1. The Labute approximate surface area is 142 Å². The van der Waals surface area contributed by atoms with E-state index in [0.29, 0.717) is 24.2 Å². The van der Waals surface area contributed by atoms with Crippen LogP contribution in [0, 0.1) is 5.92 Å². The molecule has 0 bridgehead atoms. The number of nitrogens with zero attached hydrogens (tertiary/aromatic N) is 1. The van der Waals surface area contributed by atoms with Crippen LogP contribution in [0.4, 0.5) is 5.69 Å². The second-order valence-electron chi connectivity index (χ2n) is 6.56. The van der Waals surface area contributed by atoms with E-state index in [9.17, 15) is 9.59 Å². The molecule has 1 atom stereocenters. The first-order chi connectivity index (χ1) is 11.6. The second-order valence-corrected chi connectivity index (χ2v) is 6.56. The summed E-state index contributed by atoms with van der Waals surface area (Å²) in [4.78, 5) is 26.4. The number of rotatable bonds is 5. The van der Waals surface area contributed by atoms with Gasteiger partial charge in [-0.2, -0.15) is 0 Å². The summed E-state index contributed by atoms with van der Waals surface area (Å²) >= 11 is 0. The SMILES string of the molecule is CN(C)C(CNC(=O)C(=O)Nc1cccc2ccccc12)C1CC1. The molecule has 5 nitrogen and oxygen atoms in total. The molecule has 3 rings (SSSR count). The third-order valence-electron chi connectivity index (χ3n) is 4.55. The van der Waals surface area contributed by atoms with Gasteiger partial charge < -0.3 is 15.5 Å². The topological polar surface area (TPSA) is 61.4 Å². The summed E-state index contributed by atoms with van der Waals surface area (Å²) in [5, 5.41) is 7.43. The van der Waals surface area contributed by atoms with Crippen molar-refractivity contribution in [2.24, 2.45) is 5.92 Å². The molecule has 2 amide bonds. The number of carbonyl (C=O) groups is 2. The van der Waals surface area contributed by atoms with E-state index in [1.807, 2.05) is 50.5 Å². The average Bonchev–Trinajstić information content (AvgIpc) is 3.39. The number of benzene rings is 2. The molecular weight excluding hydrogens is 302 g/mol. The largest absolute Gasteiger partial charge is 0.346 e. The Bertz CT molecular complexity index is 746. The molecule has 1 unspecified atom stereocenters. The molecule has 2 aromatic rings. The zero-order valence-electron chi connectivity index (χ0n) is 14.1. The van der Waals surface area contributed by atoms with E-state index in [4.69, 9.17) is 0 Å². The van der Waals surface area contributed by atoms with Gasteiger partial charge >= 0.3 is 11.8 Å². The normalized spacial score (nSPS) is 15.3. The second kappa shape index (κ2) is 7.01. The Morgan fingerprint density at radius 2 is 1.79 bits per heavy atom. The van der Waals surface area contributed by atoms with Crippen molar-refractivity contribution in [3.63, 3.8) is 0 Å². The minimum Gasteiger partial charge on any atom is -0.346 e. The Hall–Kier alpha value is -2.40. The van der Waals surface area contributed by atoms with Gasteiger partial charge in [0.2, 0.25) is 0 Å². The van der Waals surface area contributed by atoms with Crippen LogP contribution < -0.4 is 10.6 Å². The van der Waals surface area contributed by atoms with Gasteiger partial charge in [0, 0.05) is 23.7 Å². The predicted molar refractivity (Wildman–Crippen MR) is 95.8 cm³/mol. The third kappa shape index (κ3) is 3.74. The molecule has 0 aromatic heterocycles. The molecule has 24 heavy (non-hydrogen) atoms. The van der Waals surface area contributed by atoms with Gasteiger partial charge in [0.15, 0.2) is 0 Å². The first kappa shape index (κ1) is 16.5. The highest BCUT2D eigenvalue weighted by Gasteiger charge is 2.33. The number of fused-ring (bicyclic) bond motifs is 1. The molecule has 126 valence electrons. The van der Waals surface area contributed by atoms with Crippen LogP contribution in [0.1, 0.15) is 12.8 Å². The van der Waals surface area contributed by atoms with E-state index < -0.39 is 11.8 Å². The number of nitrogens with one attached hydrogen (secondary N) is 2. The van der Waals surface area contributed by atoms with E-state index in [1.165, 1.54) is 12.8 Å². The Kier molecular flexibility index (Phi) is 4.81. The van der Waals surface area contributed by atoms with Gasteiger partial charge in [-0.25, -0.2) is 0 Å². The molecule has 0 heterocycles. The van der Waals surface area contributed by atoms with E-state index in [2.05, 4.69) is 15.5 Å². The molecule has 1 aliphatic rings. The minimum atomic E-state index is -0.625. The number of carbonyl (C=O) groups excluding carboxylic acids is 2. The lowest BCUT2D eigenvalue weighted by Crippen LogP contribution is -2.45. The van der Waals surface area contributed by atoms with Gasteiger partial charge in [-0.15, -0.1) is 0 Å². The highest BCUT2D eigenvalue weighted by molar-refractivity contribution is 6.40. The summed E-state index contributed by atoms with van der Waals surface area (Å²) in [6, 6.07) is 13.7. The molecule has 2 aromatic carbocycles. The maximum Gasteiger partial charge on any atom is 0.313 e. The quantitative estimate of drug-likeness (QED) is 0.829. The standard InChI is InChI=1S/C19H23N3O2/c1-22(2)17(14-10-11-14)12-20-18(23)19(24)21-16-9-5-7-13-6-3-4-8-15(13)16/h3-9,14,17H,10-12H2,1-2H3,(H,20,23)(H,21,24). The molecule has 0 radical (unpaired) electrons. The third-order valence-corrected chi connectivity index (χ3v) is 4.55. The summed E-state index contributed by atoms with van der Waals surface area (Å²) in [6.07, 6.45) is 2.39. The van der Waals surface area contributed by atoms with Crippen molar-refractivity contribution in [2.75, 3.05) is 26.0 Å². The predicted octanol–water partition coefficient (Wildman–Crippen LogP) is 2.23. The maximum absolute atomic E-state index is 12.2. The van der Waals surface area contributed by atoms with Gasteiger partial charge in [0.25, 0.3) is 0 Å². The first-order valence-corrected chi connectivity index (χ1v) is 8.29. The van der Waals surface area contributed by atoms with Gasteiger partial charge in [-0.3, -0.25) is 9.59 Å². The number of amides is 2. The smallest absolute Gasteiger partial charge is 0.313 e. The van der Waals surface area contributed by atoms with Crippen molar-refractivity contribution < 1.29 is 9.59 Å². The minimum absolute atomic E-state index is 0.291. The Morgan fingerprint density at radius 1 is 1.08 bits per heavy atom. The summed E-state index contributed by atoms with van der Waals surface area (Å²) in [5.74, 6) is -0.587.